The van der Waals surface area contributed by atoms with E-state index >= 15 is 0 Å². The Kier molecular flexibility index (Phi) is 66.2. The minimum absolute atomic E-state index is 0.106. The van der Waals surface area contributed by atoms with Gasteiger partial charge < -0.3 is 33.8 Å². The highest BCUT2D eigenvalue weighted by Gasteiger charge is 2.30. The summed E-state index contributed by atoms with van der Waals surface area (Å²) in [7, 11) is -9.91. The maximum atomic E-state index is 13.1. The van der Waals surface area contributed by atoms with Gasteiger partial charge in [0.2, 0.25) is 0 Å². The molecule has 6 atom stereocenters. The van der Waals surface area contributed by atoms with E-state index in [1.807, 2.05) is 0 Å². The highest BCUT2D eigenvalue weighted by atomic mass is 31.2. The first kappa shape index (κ1) is 94.1. The Bertz CT molecular complexity index is 1870. The van der Waals surface area contributed by atoms with Crippen molar-refractivity contribution in [3.63, 3.8) is 0 Å². The van der Waals surface area contributed by atoms with Gasteiger partial charge in [0.15, 0.2) is 12.2 Å². The number of esters is 4. The minimum atomic E-state index is -4.96. The van der Waals surface area contributed by atoms with E-state index < -0.39 is 97.5 Å². The van der Waals surface area contributed by atoms with Crippen LogP contribution in [0.3, 0.4) is 0 Å². The standard InChI is InChI=1S/C77H150O17P2/c1-8-10-11-12-13-14-15-26-32-37-46-53-60-76(81)94-73(65-88-75(80)59-52-45-40-39-43-50-57-70(7)9-2)67-92-96(85,86)90-63-71(78)62-89-95(83,84)91-66-72(93-77(82)61-54-47-38-33-28-23-19-17-21-25-30-35-42-49-56-69(5)6)64-87-74(79)58-51-44-36-31-27-22-18-16-20-24-29-34-41-48-55-68(3)4/h68-73,78H,8-67H2,1-7H3,(H,83,84)(H,85,86)/t70?,71-,72-,73-/m1/s1. The Balaban J connectivity index is 5.24. The summed E-state index contributed by atoms with van der Waals surface area (Å²) in [6.07, 6.45) is 54.0. The maximum absolute atomic E-state index is 13.1. The third-order valence-corrected chi connectivity index (χ3v) is 20.1. The topological polar surface area (TPSA) is 237 Å². The first-order chi connectivity index (χ1) is 46.3. The summed E-state index contributed by atoms with van der Waals surface area (Å²) in [5, 5.41) is 10.6. The van der Waals surface area contributed by atoms with Crippen LogP contribution in [0.2, 0.25) is 0 Å². The first-order valence-corrected chi connectivity index (χ1v) is 42.9. The van der Waals surface area contributed by atoms with Gasteiger partial charge in [-0.2, -0.15) is 0 Å². The number of carbonyl (C=O) groups excluding carboxylic acids is 4. The van der Waals surface area contributed by atoms with Crippen LogP contribution in [0, 0.1) is 17.8 Å². The number of aliphatic hydroxyl groups excluding tert-OH is 1. The third kappa shape index (κ3) is 69.2. The van der Waals surface area contributed by atoms with Crippen molar-refractivity contribution < 1.29 is 80.2 Å². The lowest BCUT2D eigenvalue weighted by Gasteiger charge is -2.21. The van der Waals surface area contributed by atoms with Crippen molar-refractivity contribution in [3.05, 3.63) is 0 Å². The smallest absolute Gasteiger partial charge is 0.462 e. The zero-order valence-corrected chi connectivity index (χ0v) is 64.6. The summed E-state index contributed by atoms with van der Waals surface area (Å²) in [5.41, 5.74) is 0. The largest absolute Gasteiger partial charge is 0.472 e. The maximum Gasteiger partial charge on any atom is 0.472 e. The molecule has 19 heteroatoms. The molecule has 0 rings (SSSR count). The lowest BCUT2D eigenvalue weighted by molar-refractivity contribution is -0.161. The van der Waals surface area contributed by atoms with E-state index in [0.29, 0.717) is 25.7 Å². The molecule has 17 nitrogen and oxygen atoms in total. The molecule has 0 amide bonds. The second kappa shape index (κ2) is 67.5. The summed E-state index contributed by atoms with van der Waals surface area (Å²) >= 11 is 0. The predicted octanol–water partition coefficient (Wildman–Crippen LogP) is 22.6. The van der Waals surface area contributed by atoms with Gasteiger partial charge in [-0.3, -0.25) is 37.3 Å². The van der Waals surface area contributed by atoms with Gasteiger partial charge in [0.25, 0.3) is 0 Å². The van der Waals surface area contributed by atoms with Gasteiger partial charge in [-0.1, -0.05) is 344 Å². The fraction of sp³-hybridized carbons (Fsp3) is 0.948. The Labute approximate surface area is 588 Å². The van der Waals surface area contributed by atoms with Gasteiger partial charge >= 0.3 is 39.5 Å². The van der Waals surface area contributed by atoms with Crippen LogP contribution in [0.25, 0.3) is 0 Å². The van der Waals surface area contributed by atoms with Gasteiger partial charge in [0.1, 0.15) is 19.3 Å². The van der Waals surface area contributed by atoms with Crippen LogP contribution in [0.4, 0.5) is 0 Å². The molecular weight excluding hydrogens is 1260 g/mol. The molecule has 0 aromatic carbocycles. The minimum Gasteiger partial charge on any atom is -0.462 e. The molecule has 0 aliphatic rings. The number of aliphatic hydroxyl groups is 1. The molecule has 0 spiro atoms. The summed E-state index contributed by atoms with van der Waals surface area (Å²) in [6, 6.07) is 0. The fourth-order valence-electron chi connectivity index (χ4n) is 11.7. The molecule has 3 N–H and O–H groups in total. The lowest BCUT2D eigenvalue weighted by atomic mass is 10.00. The molecule has 96 heavy (non-hydrogen) atoms. The molecule has 0 aromatic rings. The number of phosphoric acid groups is 2. The predicted molar refractivity (Wildman–Crippen MR) is 391 cm³/mol. The second-order valence-electron chi connectivity index (χ2n) is 28.9. The van der Waals surface area contributed by atoms with E-state index in [9.17, 15) is 43.2 Å². The molecule has 0 saturated heterocycles. The molecule has 0 aromatic heterocycles. The Morgan fingerprint density at radius 2 is 0.531 bits per heavy atom. The van der Waals surface area contributed by atoms with Crippen LogP contribution in [-0.2, 0) is 65.4 Å². The molecule has 0 saturated carbocycles. The van der Waals surface area contributed by atoms with Crippen LogP contribution in [0.15, 0.2) is 0 Å². The lowest BCUT2D eigenvalue weighted by Crippen LogP contribution is -2.30. The molecule has 0 heterocycles. The Morgan fingerprint density at radius 3 is 0.792 bits per heavy atom. The van der Waals surface area contributed by atoms with Crippen molar-refractivity contribution in [2.45, 2.75) is 414 Å². The van der Waals surface area contributed by atoms with Crippen molar-refractivity contribution >= 4 is 39.5 Å². The highest BCUT2D eigenvalue weighted by Crippen LogP contribution is 2.45. The van der Waals surface area contributed by atoms with Crippen molar-refractivity contribution in [2.75, 3.05) is 39.6 Å². The first-order valence-electron chi connectivity index (χ1n) is 39.9. The van der Waals surface area contributed by atoms with E-state index in [4.69, 9.17) is 37.0 Å². The molecule has 0 aliphatic heterocycles. The average Bonchev–Trinajstić information content (AvgIpc) is 1.37. The summed E-state index contributed by atoms with van der Waals surface area (Å²) in [4.78, 5) is 72.8. The monoisotopic (exact) mass is 1410 g/mol. The van der Waals surface area contributed by atoms with E-state index in [1.165, 1.54) is 199 Å². The van der Waals surface area contributed by atoms with Gasteiger partial charge in [-0.05, 0) is 43.4 Å². The van der Waals surface area contributed by atoms with Gasteiger partial charge in [0.05, 0.1) is 26.4 Å². The molecule has 570 valence electrons. The average molecular weight is 1410 g/mol. The van der Waals surface area contributed by atoms with Crippen LogP contribution in [-0.4, -0.2) is 96.7 Å². The molecule has 0 fully saturated rings. The number of hydrogen-bond donors (Lipinski definition) is 3. The third-order valence-electron chi connectivity index (χ3n) is 18.2. The molecule has 0 aliphatic carbocycles. The Hall–Kier alpha value is -1.94. The number of phosphoric ester groups is 2. The zero-order chi connectivity index (χ0) is 70.9. The van der Waals surface area contributed by atoms with Gasteiger partial charge in [-0.25, -0.2) is 9.13 Å². The summed E-state index contributed by atoms with van der Waals surface area (Å²) in [6.45, 7) is 11.9. The van der Waals surface area contributed by atoms with Crippen molar-refractivity contribution in [1.82, 2.24) is 0 Å². The van der Waals surface area contributed by atoms with Crippen LogP contribution in [0.5, 0.6) is 0 Å². The number of unbranched alkanes of at least 4 members (excludes halogenated alkanes) is 42. The fourth-order valence-corrected chi connectivity index (χ4v) is 13.3. The highest BCUT2D eigenvalue weighted by molar-refractivity contribution is 7.47. The van der Waals surface area contributed by atoms with E-state index in [-0.39, 0.29) is 25.7 Å². The van der Waals surface area contributed by atoms with Gasteiger partial charge in [-0.15, -0.1) is 0 Å². The SMILES string of the molecule is CCCCCCCCCCCCCCC(=O)O[C@H](COC(=O)CCCCCCCCC(C)CC)COP(=O)(O)OC[C@H](O)COP(=O)(O)OC[C@@H](COC(=O)CCCCCCCCCCCCCCCCC(C)C)OC(=O)CCCCCCCCCCCCCCCCC(C)C. The number of rotatable bonds is 75. The molecule has 0 bridgehead atoms. The Morgan fingerprint density at radius 1 is 0.302 bits per heavy atom. The number of ether oxygens (including phenoxy) is 4. The molecule has 3 unspecified atom stereocenters. The van der Waals surface area contributed by atoms with Gasteiger partial charge in [0, 0.05) is 25.7 Å². The molecule has 0 radical (unpaired) electrons. The number of carbonyl (C=O) groups is 4. The van der Waals surface area contributed by atoms with Crippen molar-refractivity contribution in [1.29, 1.82) is 0 Å². The van der Waals surface area contributed by atoms with E-state index in [0.717, 1.165) is 114 Å². The zero-order valence-electron chi connectivity index (χ0n) is 62.8. The van der Waals surface area contributed by atoms with Crippen LogP contribution >= 0.6 is 15.6 Å². The molecular formula is C77H150O17P2. The van der Waals surface area contributed by atoms with Crippen molar-refractivity contribution in [3.8, 4) is 0 Å². The second-order valence-corrected chi connectivity index (χ2v) is 31.8. The summed E-state index contributed by atoms with van der Waals surface area (Å²) < 4.78 is 68.6. The van der Waals surface area contributed by atoms with E-state index in [1.54, 1.807) is 0 Å². The van der Waals surface area contributed by atoms with Crippen LogP contribution in [0.1, 0.15) is 395 Å². The van der Waals surface area contributed by atoms with E-state index in [2.05, 4.69) is 48.5 Å². The van der Waals surface area contributed by atoms with Crippen LogP contribution < -0.4 is 0 Å². The number of hydrogen-bond acceptors (Lipinski definition) is 15. The normalized spacial score (nSPS) is 14.3. The van der Waals surface area contributed by atoms with Crippen molar-refractivity contribution in [2.24, 2.45) is 17.8 Å². The quantitative estimate of drug-likeness (QED) is 0.0222. The summed E-state index contributed by atoms with van der Waals surface area (Å²) in [5.74, 6) is 0.209.